The van der Waals surface area contributed by atoms with E-state index in [0.29, 0.717) is 26.2 Å². The van der Waals surface area contributed by atoms with Gasteiger partial charge in [-0.25, -0.2) is 4.67 Å². The molecular weight excluding hydrogens is 583 g/mol. The van der Waals surface area contributed by atoms with Crippen LogP contribution in [0, 0.1) is 11.3 Å². The molecular formula is C33H43N2O4PS2. The molecule has 0 bridgehead atoms. The Kier molecular flexibility index (Phi) is 15.2. The normalized spacial score (nSPS) is 12.5. The lowest BCUT2D eigenvalue weighted by Crippen LogP contribution is -2.33. The van der Waals surface area contributed by atoms with Crippen molar-refractivity contribution >= 4 is 30.1 Å². The molecule has 1 atom stereocenters. The molecule has 0 amide bonds. The first-order valence-electron chi connectivity index (χ1n) is 14.3. The van der Waals surface area contributed by atoms with Crippen LogP contribution in [0.3, 0.4) is 0 Å². The minimum absolute atomic E-state index is 0.289. The van der Waals surface area contributed by atoms with Crippen molar-refractivity contribution in [2.75, 3.05) is 38.4 Å². The molecule has 0 aliphatic carbocycles. The van der Waals surface area contributed by atoms with Crippen LogP contribution in [0.1, 0.15) is 50.8 Å². The van der Waals surface area contributed by atoms with E-state index in [9.17, 15) is 0 Å². The molecule has 0 radical (unpaired) electrons. The summed E-state index contributed by atoms with van der Waals surface area (Å²) in [5.74, 6) is 2.46. The summed E-state index contributed by atoms with van der Waals surface area (Å²) >= 11 is 0. The third kappa shape index (κ3) is 9.72. The smallest absolute Gasteiger partial charge is 0.259 e. The highest BCUT2D eigenvalue weighted by Gasteiger charge is 2.37. The average Bonchev–Trinajstić information content (AvgIpc) is 3.01. The minimum Gasteiger partial charge on any atom is -0.497 e. The maximum atomic E-state index is 8.92. The van der Waals surface area contributed by atoms with Gasteiger partial charge in [-0.3, -0.25) is 0 Å². The molecule has 0 heterocycles. The molecule has 0 saturated heterocycles. The number of hydrogen-bond acceptors (Lipinski definition) is 8. The molecule has 0 spiro atoms. The highest BCUT2D eigenvalue weighted by Crippen LogP contribution is 2.46. The molecule has 9 heteroatoms. The van der Waals surface area contributed by atoms with Crippen LogP contribution in [-0.2, 0) is 19.4 Å². The van der Waals surface area contributed by atoms with E-state index in [0.717, 1.165) is 33.9 Å². The summed E-state index contributed by atoms with van der Waals surface area (Å²) in [6.45, 7) is 10.1. The van der Waals surface area contributed by atoms with E-state index in [4.69, 9.17) is 23.8 Å². The first kappa shape index (κ1) is 34.4. The predicted octanol–water partition coefficient (Wildman–Crippen LogP) is 8.68. The van der Waals surface area contributed by atoms with Crippen LogP contribution in [0.15, 0.2) is 84.9 Å². The maximum absolute atomic E-state index is 8.92. The summed E-state index contributed by atoms with van der Waals surface area (Å²) in [6, 6.07) is 31.7. The predicted molar refractivity (Wildman–Crippen MR) is 178 cm³/mol. The van der Waals surface area contributed by atoms with Crippen molar-refractivity contribution in [3.05, 3.63) is 102 Å². The largest absolute Gasteiger partial charge is 0.497 e. The Hall–Kier alpha value is -2.08. The van der Waals surface area contributed by atoms with Gasteiger partial charge in [0.15, 0.2) is 0 Å². The van der Waals surface area contributed by atoms with E-state index >= 15 is 0 Å². The van der Waals surface area contributed by atoms with E-state index in [1.807, 2.05) is 24.3 Å². The van der Waals surface area contributed by atoms with Crippen LogP contribution in [0.2, 0.25) is 0 Å². The molecule has 0 aromatic heterocycles. The Bertz CT molecular complexity index is 1150. The summed E-state index contributed by atoms with van der Waals surface area (Å²) in [5.41, 5.74) is 2.46. The first-order valence-corrected chi connectivity index (χ1v) is 17.9. The lowest BCUT2D eigenvalue weighted by molar-refractivity contribution is 0.0234. The number of nitriles is 1. The number of rotatable bonds is 19. The van der Waals surface area contributed by atoms with Gasteiger partial charge in [0.2, 0.25) is 0 Å². The zero-order valence-electron chi connectivity index (χ0n) is 25.3. The standard InChI is InChI=1S/C33H43N2O4PS2/c1-27(2)35(28(3)4)40(38-22-12-21-34)39-24-26-42-41-25-23-37-33(29-13-8-6-9-14-29,30-15-10-7-11-16-30)31-17-19-32(36-5)20-18-31/h6-11,13-20,27-28H,12,22-26H2,1-5H3. The van der Waals surface area contributed by atoms with Crippen molar-refractivity contribution in [3.63, 3.8) is 0 Å². The summed E-state index contributed by atoms with van der Waals surface area (Å²) in [7, 11) is 4.02. The van der Waals surface area contributed by atoms with Gasteiger partial charge in [0.25, 0.3) is 8.53 Å². The lowest BCUT2D eigenvalue weighted by Gasteiger charge is -2.36. The highest BCUT2D eigenvalue weighted by molar-refractivity contribution is 8.76. The van der Waals surface area contributed by atoms with Crippen molar-refractivity contribution < 1.29 is 18.5 Å². The summed E-state index contributed by atoms with van der Waals surface area (Å²) in [4.78, 5) is 0. The van der Waals surface area contributed by atoms with Crippen molar-refractivity contribution in [1.82, 2.24) is 4.67 Å². The molecule has 226 valence electrons. The van der Waals surface area contributed by atoms with Crippen LogP contribution in [0.25, 0.3) is 0 Å². The van der Waals surface area contributed by atoms with Crippen LogP contribution in [0.4, 0.5) is 0 Å². The Labute approximate surface area is 261 Å². The number of methoxy groups -OCH3 is 1. The van der Waals surface area contributed by atoms with E-state index < -0.39 is 14.1 Å². The van der Waals surface area contributed by atoms with Crippen LogP contribution < -0.4 is 4.74 Å². The van der Waals surface area contributed by atoms with Gasteiger partial charge in [-0.15, -0.1) is 0 Å². The van der Waals surface area contributed by atoms with Crippen molar-refractivity contribution in [2.24, 2.45) is 0 Å². The molecule has 3 aromatic rings. The Morgan fingerprint density at radius 3 is 1.74 bits per heavy atom. The fourth-order valence-electron chi connectivity index (χ4n) is 4.73. The van der Waals surface area contributed by atoms with Crippen molar-refractivity contribution in [1.29, 1.82) is 5.26 Å². The second-order valence-electron chi connectivity index (χ2n) is 10.0. The Balaban J connectivity index is 1.63. The van der Waals surface area contributed by atoms with Gasteiger partial charge in [0.05, 0.1) is 39.4 Å². The fraction of sp³-hybridized carbons (Fsp3) is 0.424. The van der Waals surface area contributed by atoms with E-state index in [2.05, 4.69) is 99.1 Å². The van der Waals surface area contributed by atoms with E-state index in [-0.39, 0.29) is 12.1 Å². The highest BCUT2D eigenvalue weighted by atomic mass is 33.1. The molecule has 3 aromatic carbocycles. The average molecular weight is 627 g/mol. The van der Waals surface area contributed by atoms with Crippen LogP contribution in [0.5, 0.6) is 5.75 Å². The maximum Gasteiger partial charge on any atom is 0.259 e. The zero-order chi connectivity index (χ0) is 30.2. The van der Waals surface area contributed by atoms with Crippen molar-refractivity contribution in [2.45, 2.75) is 51.8 Å². The number of hydrogen-bond donors (Lipinski definition) is 0. The van der Waals surface area contributed by atoms with Gasteiger partial charge in [0.1, 0.15) is 11.4 Å². The number of benzene rings is 3. The van der Waals surface area contributed by atoms with Gasteiger partial charge in [-0.05, 0) is 56.5 Å². The molecule has 1 unspecified atom stereocenters. The summed E-state index contributed by atoms with van der Waals surface area (Å²) in [6.07, 6.45) is 0.362. The Morgan fingerprint density at radius 1 is 0.738 bits per heavy atom. The third-order valence-corrected chi connectivity index (χ3v) is 10.9. The van der Waals surface area contributed by atoms with Crippen LogP contribution >= 0.6 is 30.1 Å². The second-order valence-corrected chi connectivity index (χ2v) is 14.2. The molecule has 0 aliphatic heterocycles. The van der Waals surface area contributed by atoms with E-state index in [1.54, 1.807) is 28.7 Å². The number of ether oxygens (including phenoxy) is 2. The molecule has 0 aliphatic rings. The van der Waals surface area contributed by atoms with Gasteiger partial charge >= 0.3 is 0 Å². The lowest BCUT2D eigenvalue weighted by atomic mass is 9.80. The SMILES string of the molecule is COc1ccc(C(OCCSSCCOP(OCCC#N)N(C(C)C)C(C)C)(c2ccccc2)c2ccccc2)cc1. The third-order valence-electron chi connectivity index (χ3n) is 6.46. The van der Waals surface area contributed by atoms with Gasteiger partial charge in [-0.1, -0.05) is 94.4 Å². The molecule has 3 rings (SSSR count). The van der Waals surface area contributed by atoms with Crippen LogP contribution in [-0.4, -0.2) is 55.2 Å². The Morgan fingerprint density at radius 2 is 1.24 bits per heavy atom. The quantitative estimate of drug-likeness (QED) is 0.0567. The summed E-state index contributed by atoms with van der Waals surface area (Å²) in [5, 5.41) is 8.92. The van der Waals surface area contributed by atoms with Gasteiger partial charge < -0.3 is 18.5 Å². The van der Waals surface area contributed by atoms with Crippen molar-refractivity contribution in [3.8, 4) is 11.8 Å². The monoisotopic (exact) mass is 626 g/mol. The molecule has 0 fully saturated rings. The number of nitrogens with zero attached hydrogens (tertiary/aromatic N) is 2. The molecule has 0 saturated carbocycles. The first-order chi connectivity index (χ1) is 20.4. The second kappa shape index (κ2) is 18.6. The van der Waals surface area contributed by atoms with E-state index in [1.165, 1.54) is 0 Å². The minimum atomic E-state index is -1.21. The van der Waals surface area contributed by atoms with Gasteiger partial charge in [0, 0.05) is 23.6 Å². The molecule has 42 heavy (non-hydrogen) atoms. The zero-order valence-corrected chi connectivity index (χ0v) is 27.8. The topological polar surface area (TPSA) is 64.0 Å². The fourth-order valence-corrected chi connectivity index (χ4v) is 8.10. The summed E-state index contributed by atoms with van der Waals surface area (Å²) < 4.78 is 26.8. The molecule has 0 N–H and O–H groups in total. The molecule has 6 nitrogen and oxygen atoms in total. The van der Waals surface area contributed by atoms with Gasteiger partial charge in [-0.2, -0.15) is 5.26 Å².